The third-order valence-electron chi connectivity index (χ3n) is 5.68. The summed E-state index contributed by atoms with van der Waals surface area (Å²) in [6.45, 7) is 9.44. The van der Waals surface area contributed by atoms with Crippen molar-refractivity contribution in [3.05, 3.63) is 23.7 Å². The lowest BCUT2D eigenvalue weighted by atomic mass is 9.99. The Morgan fingerprint density at radius 2 is 2.00 bits per heavy atom. The van der Waals surface area contributed by atoms with Crippen molar-refractivity contribution < 1.29 is 14.3 Å². The van der Waals surface area contributed by atoms with E-state index in [-0.39, 0.29) is 12.5 Å². The van der Waals surface area contributed by atoms with Gasteiger partial charge in [0.2, 0.25) is 5.91 Å². The summed E-state index contributed by atoms with van der Waals surface area (Å²) in [5.74, 6) is 2.14. The number of aliphatic hydroxyl groups excluding tert-OH is 1. The van der Waals surface area contributed by atoms with E-state index in [1.807, 2.05) is 17.9 Å². The van der Waals surface area contributed by atoms with Gasteiger partial charge in [0.1, 0.15) is 11.5 Å². The van der Waals surface area contributed by atoms with Crippen LogP contribution in [0.15, 0.2) is 16.5 Å². The summed E-state index contributed by atoms with van der Waals surface area (Å²) in [6, 6.07) is 4.98. The van der Waals surface area contributed by atoms with Gasteiger partial charge in [-0.05, 0) is 38.3 Å². The molecular weight excluding hydrogens is 318 g/mol. The fourth-order valence-electron chi connectivity index (χ4n) is 4.20. The van der Waals surface area contributed by atoms with Crippen molar-refractivity contribution in [3.63, 3.8) is 0 Å². The average molecular weight is 349 g/mol. The second-order valence-corrected chi connectivity index (χ2v) is 7.38. The topological polar surface area (TPSA) is 60.2 Å². The fourth-order valence-corrected chi connectivity index (χ4v) is 4.20. The number of nitrogens with zero attached hydrogens (tertiary/aromatic N) is 3. The second kappa shape index (κ2) is 8.34. The molecule has 0 spiro atoms. The van der Waals surface area contributed by atoms with E-state index in [0.29, 0.717) is 12.1 Å². The van der Waals surface area contributed by atoms with Crippen LogP contribution in [0.3, 0.4) is 0 Å². The number of rotatable bonds is 5. The van der Waals surface area contributed by atoms with E-state index in [4.69, 9.17) is 4.42 Å². The quantitative estimate of drug-likeness (QED) is 0.872. The number of hydrogen-bond acceptors (Lipinski definition) is 5. The van der Waals surface area contributed by atoms with E-state index < -0.39 is 0 Å². The molecule has 0 radical (unpaired) electrons. The summed E-state index contributed by atoms with van der Waals surface area (Å²) >= 11 is 0. The van der Waals surface area contributed by atoms with Crippen molar-refractivity contribution in [1.29, 1.82) is 0 Å². The molecule has 25 heavy (non-hydrogen) atoms. The monoisotopic (exact) mass is 349 g/mol. The molecule has 0 bridgehead atoms. The molecule has 2 aliphatic heterocycles. The Hall–Kier alpha value is -1.37. The van der Waals surface area contributed by atoms with Gasteiger partial charge in [-0.15, -0.1) is 0 Å². The lowest BCUT2D eigenvalue weighted by Gasteiger charge is -2.46. The van der Waals surface area contributed by atoms with Crippen molar-refractivity contribution in [1.82, 2.24) is 14.7 Å². The first-order valence-electron chi connectivity index (χ1n) is 9.46. The lowest BCUT2D eigenvalue weighted by Crippen LogP contribution is -2.57. The van der Waals surface area contributed by atoms with E-state index in [0.717, 1.165) is 70.1 Å². The molecule has 140 valence electrons. The maximum absolute atomic E-state index is 11.5. The smallest absolute Gasteiger partial charge is 0.219 e. The van der Waals surface area contributed by atoms with Gasteiger partial charge in [0.25, 0.3) is 0 Å². The number of piperidine rings is 1. The van der Waals surface area contributed by atoms with Gasteiger partial charge >= 0.3 is 0 Å². The number of piperazine rings is 1. The SMILES string of the molecule is CC(=O)N1CCC(N2CCN(Cc3ccc(C)o3)C(CCO)C2)CC1. The van der Waals surface area contributed by atoms with E-state index in [9.17, 15) is 9.90 Å². The number of carbonyl (C=O) groups is 1. The van der Waals surface area contributed by atoms with E-state index in [2.05, 4.69) is 15.9 Å². The second-order valence-electron chi connectivity index (χ2n) is 7.38. The molecule has 0 aliphatic carbocycles. The predicted molar refractivity (Wildman–Crippen MR) is 96.2 cm³/mol. The summed E-state index contributed by atoms with van der Waals surface area (Å²) in [7, 11) is 0. The summed E-state index contributed by atoms with van der Waals surface area (Å²) in [4.78, 5) is 18.5. The van der Waals surface area contributed by atoms with Crippen LogP contribution in [-0.4, -0.2) is 77.1 Å². The number of likely N-dealkylation sites (tertiary alicyclic amines) is 1. The number of furan rings is 1. The minimum Gasteiger partial charge on any atom is -0.465 e. The summed E-state index contributed by atoms with van der Waals surface area (Å²) < 4.78 is 5.73. The normalized spacial score (nSPS) is 24.0. The highest BCUT2D eigenvalue weighted by Crippen LogP contribution is 2.23. The van der Waals surface area contributed by atoms with Crippen LogP contribution in [0.2, 0.25) is 0 Å². The zero-order chi connectivity index (χ0) is 17.8. The van der Waals surface area contributed by atoms with Gasteiger partial charge in [-0.2, -0.15) is 0 Å². The maximum atomic E-state index is 11.5. The minimum atomic E-state index is 0.190. The van der Waals surface area contributed by atoms with Gasteiger partial charge in [-0.3, -0.25) is 14.6 Å². The number of aliphatic hydroxyl groups is 1. The number of hydrogen-bond donors (Lipinski definition) is 1. The van der Waals surface area contributed by atoms with Crippen LogP contribution in [0.4, 0.5) is 0 Å². The highest BCUT2D eigenvalue weighted by molar-refractivity contribution is 5.73. The lowest BCUT2D eigenvalue weighted by molar-refractivity contribution is -0.130. The summed E-state index contributed by atoms with van der Waals surface area (Å²) in [5, 5.41) is 9.49. The Bertz CT molecular complexity index is 566. The molecule has 6 nitrogen and oxygen atoms in total. The zero-order valence-corrected chi connectivity index (χ0v) is 15.5. The Kier molecular flexibility index (Phi) is 6.15. The van der Waals surface area contributed by atoms with Gasteiger partial charge in [0, 0.05) is 58.3 Å². The Labute approximate surface area is 150 Å². The fraction of sp³-hybridized carbons (Fsp3) is 0.737. The third kappa shape index (κ3) is 4.63. The number of aryl methyl sites for hydroxylation is 1. The molecule has 1 N–H and O–H groups in total. The third-order valence-corrected chi connectivity index (χ3v) is 5.68. The molecule has 3 rings (SSSR count). The first-order chi connectivity index (χ1) is 12.1. The van der Waals surface area contributed by atoms with Crippen molar-refractivity contribution in [3.8, 4) is 0 Å². The molecule has 2 fully saturated rings. The first-order valence-corrected chi connectivity index (χ1v) is 9.46. The van der Waals surface area contributed by atoms with E-state index in [1.54, 1.807) is 6.92 Å². The molecule has 0 aromatic carbocycles. The molecule has 1 atom stereocenters. The van der Waals surface area contributed by atoms with Crippen molar-refractivity contribution in [2.24, 2.45) is 0 Å². The van der Waals surface area contributed by atoms with Crippen LogP contribution in [-0.2, 0) is 11.3 Å². The highest BCUT2D eigenvalue weighted by Gasteiger charge is 2.32. The standard InChI is InChI=1S/C19H31N3O3/c1-15-3-4-19(25-15)14-22-11-10-21(13-18(22)7-12-23)17-5-8-20(9-6-17)16(2)24/h3-4,17-18,23H,5-14H2,1-2H3. The van der Waals surface area contributed by atoms with Gasteiger partial charge in [0.05, 0.1) is 6.54 Å². The molecule has 2 saturated heterocycles. The van der Waals surface area contributed by atoms with Crippen LogP contribution in [0, 0.1) is 6.92 Å². The van der Waals surface area contributed by atoms with Crippen molar-refractivity contribution >= 4 is 5.91 Å². The molecule has 3 heterocycles. The summed E-state index contributed by atoms with van der Waals surface area (Å²) in [5.41, 5.74) is 0. The molecule has 1 aromatic heterocycles. The van der Waals surface area contributed by atoms with Crippen LogP contribution in [0.5, 0.6) is 0 Å². The Balaban J connectivity index is 1.56. The van der Waals surface area contributed by atoms with Gasteiger partial charge in [-0.25, -0.2) is 0 Å². The molecule has 1 unspecified atom stereocenters. The molecule has 0 saturated carbocycles. The van der Waals surface area contributed by atoms with Crippen molar-refractivity contribution in [2.75, 3.05) is 39.3 Å². The molecule has 1 aromatic rings. The van der Waals surface area contributed by atoms with Gasteiger partial charge < -0.3 is 14.4 Å². The molecular formula is C19H31N3O3. The van der Waals surface area contributed by atoms with E-state index >= 15 is 0 Å². The zero-order valence-electron chi connectivity index (χ0n) is 15.5. The van der Waals surface area contributed by atoms with Crippen LogP contribution >= 0.6 is 0 Å². The van der Waals surface area contributed by atoms with Crippen LogP contribution < -0.4 is 0 Å². The average Bonchev–Trinajstić information content (AvgIpc) is 3.02. The summed E-state index contributed by atoms with van der Waals surface area (Å²) in [6.07, 6.45) is 2.91. The highest BCUT2D eigenvalue weighted by atomic mass is 16.3. The molecule has 2 aliphatic rings. The van der Waals surface area contributed by atoms with Gasteiger partial charge in [0.15, 0.2) is 0 Å². The van der Waals surface area contributed by atoms with Crippen LogP contribution in [0.1, 0.15) is 37.7 Å². The van der Waals surface area contributed by atoms with Gasteiger partial charge in [-0.1, -0.05) is 0 Å². The molecule has 6 heteroatoms. The van der Waals surface area contributed by atoms with E-state index in [1.165, 1.54) is 0 Å². The largest absolute Gasteiger partial charge is 0.465 e. The Morgan fingerprint density at radius 3 is 2.60 bits per heavy atom. The predicted octanol–water partition coefficient (Wildman–Crippen LogP) is 1.47. The van der Waals surface area contributed by atoms with Crippen LogP contribution in [0.25, 0.3) is 0 Å². The number of amides is 1. The maximum Gasteiger partial charge on any atom is 0.219 e. The number of carbonyl (C=O) groups excluding carboxylic acids is 1. The minimum absolute atomic E-state index is 0.190. The molecule has 1 amide bonds. The van der Waals surface area contributed by atoms with Crippen molar-refractivity contribution in [2.45, 2.75) is 51.7 Å². The Morgan fingerprint density at radius 1 is 1.24 bits per heavy atom. The first kappa shape index (κ1) is 18.4.